The monoisotopic (exact) mass is 394 g/mol. The van der Waals surface area contributed by atoms with Crippen molar-refractivity contribution in [3.63, 3.8) is 0 Å². The normalized spacial score (nSPS) is 10.4. The number of carboxylic acids is 1. The summed E-state index contributed by atoms with van der Waals surface area (Å²) in [5.74, 6) is -2.08. The van der Waals surface area contributed by atoms with E-state index in [4.69, 9.17) is 9.84 Å². The quantitative estimate of drug-likeness (QED) is 0.587. The Morgan fingerprint density at radius 1 is 1.07 bits per heavy atom. The molecule has 0 unspecified atom stereocenters. The average molecular weight is 394 g/mol. The molecule has 9 nitrogen and oxygen atoms in total. The zero-order chi connectivity index (χ0) is 20.8. The zero-order valence-corrected chi connectivity index (χ0v) is 15.5. The molecule has 148 valence electrons. The summed E-state index contributed by atoms with van der Waals surface area (Å²) in [7, 11) is 0. The van der Waals surface area contributed by atoms with Gasteiger partial charge in [-0.05, 0) is 31.2 Å². The third-order valence-corrected chi connectivity index (χ3v) is 3.87. The second kappa shape index (κ2) is 8.79. The van der Waals surface area contributed by atoms with Crippen molar-refractivity contribution in [1.29, 1.82) is 0 Å². The van der Waals surface area contributed by atoms with Gasteiger partial charge < -0.3 is 15.2 Å². The van der Waals surface area contributed by atoms with Crippen molar-refractivity contribution < 1.29 is 24.2 Å². The molecule has 2 aromatic carbocycles. The SMILES string of the molecule is CCOC(=O)c1ccc(-n2nc(C(=O)NCC(=O)O)nc2-c2ccccc2)cc1. The van der Waals surface area contributed by atoms with Crippen LogP contribution in [0, 0.1) is 0 Å². The van der Waals surface area contributed by atoms with Gasteiger partial charge in [-0.2, -0.15) is 0 Å². The molecule has 0 atom stereocenters. The van der Waals surface area contributed by atoms with E-state index in [1.165, 1.54) is 4.68 Å². The van der Waals surface area contributed by atoms with Crippen LogP contribution in [-0.2, 0) is 9.53 Å². The lowest BCUT2D eigenvalue weighted by atomic mass is 10.2. The number of carbonyl (C=O) groups is 3. The van der Waals surface area contributed by atoms with Gasteiger partial charge >= 0.3 is 11.9 Å². The van der Waals surface area contributed by atoms with Crippen LogP contribution in [0.4, 0.5) is 0 Å². The van der Waals surface area contributed by atoms with E-state index in [2.05, 4.69) is 15.4 Å². The van der Waals surface area contributed by atoms with E-state index in [1.807, 2.05) is 30.3 Å². The van der Waals surface area contributed by atoms with Crippen LogP contribution in [0.1, 0.15) is 27.9 Å². The molecular weight excluding hydrogens is 376 g/mol. The number of hydrogen-bond donors (Lipinski definition) is 2. The van der Waals surface area contributed by atoms with Gasteiger partial charge in [-0.15, -0.1) is 5.10 Å². The van der Waals surface area contributed by atoms with E-state index in [0.717, 1.165) is 0 Å². The lowest BCUT2D eigenvalue weighted by molar-refractivity contribution is -0.135. The Morgan fingerprint density at radius 2 is 1.76 bits per heavy atom. The summed E-state index contributed by atoms with van der Waals surface area (Å²) in [6, 6.07) is 15.6. The summed E-state index contributed by atoms with van der Waals surface area (Å²) in [4.78, 5) is 39.0. The Labute approximate surface area is 166 Å². The molecule has 9 heteroatoms. The highest BCUT2D eigenvalue weighted by molar-refractivity contribution is 5.93. The maximum Gasteiger partial charge on any atom is 0.338 e. The molecule has 0 aliphatic heterocycles. The fourth-order valence-corrected chi connectivity index (χ4v) is 2.55. The minimum Gasteiger partial charge on any atom is -0.480 e. The number of nitrogens with one attached hydrogen (secondary N) is 1. The number of ether oxygens (including phenoxy) is 1. The summed E-state index contributed by atoms with van der Waals surface area (Å²) in [6.07, 6.45) is 0. The molecule has 0 bridgehead atoms. The van der Waals surface area contributed by atoms with Gasteiger partial charge in [0.15, 0.2) is 5.82 Å². The van der Waals surface area contributed by atoms with Crippen molar-refractivity contribution in [1.82, 2.24) is 20.1 Å². The van der Waals surface area contributed by atoms with Crippen molar-refractivity contribution in [3.8, 4) is 17.1 Å². The van der Waals surface area contributed by atoms with Crippen LogP contribution in [0.25, 0.3) is 17.1 Å². The maximum absolute atomic E-state index is 12.2. The largest absolute Gasteiger partial charge is 0.480 e. The number of aromatic nitrogens is 3. The fraction of sp³-hybridized carbons (Fsp3) is 0.150. The molecular formula is C20H18N4O5. The lowest BCUT2D eigenvalue weighted by Crippen LogP contribution is -2.30. The van der Waals surface area contributed by atoms with Crippen molar-refractivity contribution in [2.75, 3.05) is 13.2 Å². The third kappa shape index (κ3) is 4.64. The summed E-state index contributed by atoms with van der Waals surface area (Å²) >= 11 is 0. The standard InChI is InChI=1S/C20H18N4O5/c1-2-29-20(28)14-8-10-15(11-9-14)24-18(13-6-4-3-5-7-13)22-17(23-24)19(27)21-12-16(25)26/h3-11H,2,12H2,1H3,(H,21,27)(H,25,26). The first-order valence-electron chi connectivity index (χ1n) is 8.79. The molecule has 0 aliphatic carbocycles. The van der Waals surface area contributed by atoms with Crippen LogP contribution in [-0.4, -0.2) is 50.9 Å². The smallest absolute Gasteiger partial charge is 0.338 e. The first-order chi connectivity index (χ1) is 14.0. The highest BCUT2D eigenvalue weighted by atomic mass is 16.5. The maximum atomic E-state index is 12.2. The summed E-state index contributed by atoms with van der Waals surface area (Å²) in [5, 5.41) is 15.2. The molecule has 1 heterocycles. The van der Waals surface area contributed by atoms with Gasteiger partial charge in [0.25, 0.3) is 5.91 Å². The molecule has 0 aliphatic rings. The van der Waals surface area contributed by atoms with Gasteiger partial charge in [-0.1, -0.05) is 30.3 Å². The number of carboxylic acid groups (broad SMARTS) is 1. The second-order valence-electron chi connectivity index (χ2n) is 5.88. The Kier molecular flexibility index (Phi) is 5.98. The van der Waals surface area contributed by atoms with Crippen molar-refractivity contribution in [2.24, 2.45) is 0 Å². The number of amides is 1. The number of esters is 1. The molecule has 3 aromatic rings. The summed E-state index contributed by atoms with van der Waals surface area (Å²) in [6.45, 7) is 1.46. The van der Waals surface area contributed by atoms with Crippen molar-refractivity contribution >= 4 is 17.8 Å². The van der Waals surface area contributed by atoms with Crippen molar-refractivity contribution in [2.45, 2.75) is 6.92 Å². The van der Waals surface area contributed by atoms with Gasteiger partial charge in [0.1, 0.15) is 6.54 Å². The predicted octanol–water partition coefficient (Wildman–Crippen LogP) is 1.93. The van der Waals surface area contributed by atoms with Crippen LogP contribution >= 0.6 is 0 Å². The summed E-state index contributed by atoms with van der Waals surface area (Å²) < 4.78 is 6.43. The van der Waals surface area contributed by atoms with E-state index in [9.17, 15) is 14.4 Å². The third-order valence-electron chi connectivity index (χ3n) is 3.87. The molecule has 0 saturated carbocycles. The average Bonchev–Trinajstić information content (AvgIpc) is 3.18. The van der Waals surface area contributed by atoms with Gasteiger partial charge in [-0.25, -0.2) is 14.5 Å². The molecule has 1 amide bonds. The van der Waals surface area contributed by atoms with E-state index in [0.29, 0.717) is 22.6 Å². The number of aliphatic carboxylic acids is 1. The van der Waals surface area contributed by atoms with E-state index < -0.39 is 24.4 Å². The fourth-order valence-electron chi connectivity index (χ4n) is 2.55. The van der Waals surface area contributed by atoms with Gasteiger partial charge in [0, 0.05) is 5.56 Å². The highest BCUT2D eigenvalue weighted by Crippen LogP contribution is 2.21. The van der Waals surface area contributed by atoms with E-state index in [-0.39, 0.29) is 12.4 Å². The van der Waals surface area contributed by atoms with Gasteiger partial charge in [-0.3, -0.25) is 9.59 Å². The predicted molar refractivity (Wildman–Crippen MR) is 103 cm³/mol. The Balaban J connectivity index is 1.99. The topological polar surface area (TPSA) is 123 Å². The molecule has 2 N–H and O–H groups in total. The summed E-state index contributed by atoms with van der Waals surface area (Å²) in [5.41, 5.74) is 1.67. The zero-order valence-electron chi connectivity index (χ0n) is 15.5. The molecule has 1 aromatic heterocycles. The minimum atomic E-state index is -1.17. The molecule has 29 heavy (non-hydrogen) atoms. The molecule has 0 fully saturated rings. The minimum absolute atomic E-state index is 0.167. The molecule has 0 saturated heterocycles. The van der Waals surface area contributed by atoms with Crippen LogP contribution in [0.2, 0.25) is 0 Å². The number of carbonyl (C=O) groups excluding carboxylic acids is 2. The molecule has 0 spiro atoms. The van der Waals surface area contributed by atoms with Crippen LogP contribution in [0.15, 0.2) is 54.6 Å². The van der Waals surface area contributed by atoms with Crippen LogP contribution in [0.5, 0.6) is 0 Å². The van der Waals surface area contributed by atoms with E-state index >= 15 is 0 Å². The first kappa shape index (κ1) is 19.7. The van der Waals surface area contributed by atoms with Crippen molar-refractivity contribution in [3.05, 3.63) is 66.0 Å². The second-order valence-corrected chi connectivity index (χ2v) is 5.88. The van der Waals surface area contributed by atoms with Crippen LogP contribution in [0.3, 0.4) is 0 Å². The highest BCUT2D eigenvalue weighted by Gasteiger charge is 2.19. The Morgan fingerprint density at radius 3 is 2.38 bits per heavy atom. The van der Waals surface area contributed by atoms with Gasteiger partial charge in [0.2, 0.25) is 5.82 Å². The molecule has 3 rings (SSSR count). The number of hydrogen-bond acceptors (Lipinski definition) is 6. The Bertz CT molecular complexity index is 1030. The lowest BCUT2D eigenvalue weighted by Gasteiger charge is -2.07. The van der Waals surface area contributed by atoms with Gasteiger partial charge in [0.05, 0.1) is 17.9 Å². The van der Waals surface area contributed by atoms with Crippen LogP contribution < -0.4 is 5.32 Å². The Hall–Kier alpha value is -4.01. The number of benzene rings is 2. The number of nitrogens with zero attached hydrogens (tertiary/aromatic N) is 3. The number of rotatable bonds is 7. The van der Waals surface area contributed by atoms with E-state index in [1.54, 1.807) is 31.2 Å². The first-order valence-corrected chi connectivity index (χ1v) is 8.79. The molecule has 0 radical (unpaired) electrons.